The number of thiol groups is 1. The SMILES string of the molecule is Cc1c([N+](=O)[O-])ccc(S)c1C#N. The van der Waals surface area contributed by atoms with Gasteiger partial charge in [-0.15, -0.1) is 12.6 Å². The largest absolute Gasteiger partial charge is 0.273 e. The second-order valence-electron chi connectivity index (χ2n) is 2.47. The fourth-order valence-corrected chi connectivity index (χ4v) is 1.32. The van der Waals surface area contributed by atoms with E-state index in [0.29, 0.717) is 10.5 Å². The van der Waals surface area contributed by atoms with Gasteiger partial charge >= 0.3 is 0 Å². The Morgan fingerprint density at radius 1 is 1.62 bits per heavy atom. The summed E-state index contributed by atoms with van der Waals surface area (Å²) < 4.78 is 0. The Hall–Kier alpha value is -1.54. The van der Waals surface area contributed by atoms with Crippen LogP contribution in [0.15, 0.2) is 17.0 Å². The first-order chi connectivity index (χ1) is 6.07. The predicted molar refractivity (Wildman–Crippen MR) is 49.8 cm³/mol. The van der Waals surface area contributed by atoms with E-state index in [2.05, 4.69) is 12.6 Å². The number of benzene rings is 1. The first-order valence-electron chi connectivity index (χ1n) is 3.45. The quantitative estimate of drug-likeness (QED) is 0.422. The predicted octanol–water partition coefficient (Wildman–Crippen LogP) is 2.06. The van der Waals surface area contributed by atoms with Gasteiger partial charge in [-0.25, -0.2) is 0 Å². The number of nitro benzene ring substituents is 1. The van der Waals surface area contributed by atoms with Crippen LogP contribution in [0.2, 0.25) is 0 Å². The molecule has 4 nitrogen and oxygen atoms in total. The third-order valence-corrected chi connectivity index (χ3v) is 2.10. The van der Waals surface area contributed by atoms with E-state index in [0.717, 1.165) is 0 Å². The van der Waals surface area contributed by atoms with Crippen molar-refractivity contribution >= 4 is 18.3 Å². The van der Waals surface area contributed by atoms with E-state index >= 15 is 0 Å². The minimum absolute atomic E-state index is 0.0469. The molecule has 0 saturated heterocycles. The molecule has 1 aromatic rings. The molecule has 0 radical (unpaired) electrons. The van der Waals surface area contributed by atoms with Crippen molar-refractivity contribution in [2.24, 2.45) is 0 Å². The molecule has 5 heteroatoms. The maximum atomic E-state index is 10.5. The van der Waals surface area contributed by atoms with Crippen molar-refractivity contribution in [3.8, 4) is 6.07 Å². The minimum Gasteiger partial charge on any atom is -0.258 e. The van der Waals surface area contributed by atoms with Gasteiger partial charge in [-0.1, -0.05) is 0 Å². The van der Waals surface area contributed by atoms with Gasteiger partial charge in [0.2, 0.25) is 0 Å². The van der Waals surface area contributed by atoms with Crippen LogP contribution in [-0.2, 0) is 0 Å². The van der Waals surface area contributed by atoms with Crippen LogP contribution >= 0.6 is 12.6 Å². The molecule has 0 amide bonds. The summed E-state index contributed by atoms with van der Waals surface area (Å²) in [5, 5.41) is 19.2. The number of hydrogen-bond donors (Lipinski definition) is 1. The maximum Gasteiger partial charge on any atom is 0.273 e. The zero-order valence-electron chi connectivity index (χ0n) is 6.81. The smallest absolute Gasteiger partial charge is 0.258 e. The second kappa shape index (κ2) is 3.46. The summed E-state index contributed by atoms with van der Waals surface area (Å²) >= 11 is 4.02. The van der Waals surface area contributed by atoms with E-state index in [1.807, 2.05) is 6.07 Å². The number of nitro groups is 1. The number of rotatable bonds is 1. The minimum atomic E-state index is -0.511. The van der Waals surface area contributed by atoms with E-state index in [4.69, 9.17) is 5.26 Å². The summed E-state index contributed by atoms with van der Waals surface area (Å²) in [5.74, 6) is 0. The highest BCUT2D eigenvalue weighted by Crippen LogP contribution is 2.25. The summed E-state index contributed by atoms with van der Waals surface area (Å²) in [4.78, 5) is 10.4. The zero-order valence-corrected chi connectivity index (χ0v) is 7.71. The van der Waals surface area contributed by atoms with Gasteiger partial charge in [0.05, 0.1) is 10.5 Å². The van der Waals surface area contributed by atoms with E-state index in [1.54, 1.807) is 0 Å². The molecular formula is C8H6N2O2S. The van der Waals surface area contributed by atoms with Gasteiger partial charge in [-0.05, 0) is 13.0 Å². The summed E-state index contributed by atoms with van der Waals surface area (Å²) in [6, 6.07) is 4.67. The van der Waals surface area contributed by atoms with Crippen molar-refractivity contribution < 1.29 is 4.92 Å². The first kappa shape index (κ1) is 9.55. The first-order valence-corrected chi connectivity index (χ1v) is 3.89. The lowest BCUT2D eigenvalue weighted by atomic mass is 10.1. The van der Waals surface area contributed by atoms with Crippen LogP contribution in [0.1, 0.15) is 11.1 Å². The van der Waals surface area contributed by atoms with Crippen molar-refractivity contribution in [3.63, 3.8) is 0 Å². The molecule has 0 fully saturated rings. The van der Waals surface area contributed by atoms with Gasteiger partial charge in [0, 0.05) is 16.5 Å². The Morgan fingerprint density at radius 2 is 2.23 bits per heavy atom. The normalized spacial score (nSPS) is 9.31. The van der Waals surface area contributed by atoms with Crippen LogP contribution in [0, 0.1) is 28.4 Å². The highest BCUT2D eigenvalue weighted by Gasteiger charge is 2.15. The maximum absolute atomic E-state index is 10.5. The molecule has 0 aromatic heterocycles. The van der Waals surface area contributed by atoms with Crippen LogP contribution in [-0.4, -0.2) is 4.92 Å². The third-order valence-electron chi connectivity index (χ3n) is 1.72. The van der Waals surface area contributed by atoms with Crippen molar-refractivity contribution in [1.82, 2.24) is 0 Å². The molecule has 1 aromatic carbocycles. The van der Waals surface area contributed by atoms with Crippen molar-refractivity contribution in [3.05, 3.63) is 33.4 Å². The van der Waals surface area contributed by atoms with Crippen LogP contribution in [0.3, 0.4) is 0 Å². The molecule has 0 aliphatic heterocycles. The Kier molecular flexibility index (Phi) is 2.54. The summed E-state index contributed by atoms with van der Waals surface area (Å²) in [7, 11) is 0. The summed E-state index contributed by atoms with van der Waals surface area (Å²) in [6.45, 7) is 1.54. The fourth-order valence-electron chi connectivity index (χ4n) is 1.03. The van der Waals surface area contributed by atoms with E-state index < -0.39 is 4.92 Å². The van der Waals surface area contributed by atoms with Crippen LogP contribution in [0.5, 0.6) is 0 Å². The van der Waals surface area contributed by atoms with Crippen LogP contribution in [0.25, 0.3) is 0 Å². The molecule has 0 N–H and O–H groups in total. The lowest BCUT2D eigenvalue weighted by molar-refractivity contribution is -0.385. The Labute approximate surface area is 80.4 Å². The van der Waals surface area contributed by atoms with Gasteiger partial charge in [-0.3, -0.25) is 10.1 Å². The molecule has 66 valence electrons. The molecule has 0 unspecified atom stereocenters. The topological polar surface area (TPSA) is 66.9 Å². The molecular weight excluding hydrogens is 188 g/mol. The Morgan fingerprint density at radius 3 is 2.69 bits per heavy atom. The third kappa shape index (κ3) is 1.63. The lowest BCUT2D eigenvalue weighted by Crippen LogP contribution is -1.94. The van der Waals surface area contributed by atoms with E-state index in [1.165, 1.54) is 19.1 Å². The Balaban J connectivity index is 3.47. The van der Waals surface area contributed by atoms with Crippen molar-refractivity contribution in [2.45, 2.75) is 11.8 Å². The number of hydrogen-bond acceptors (Lipinski definition) is 4. The monoisotopic (exact) mass is 194 g/mol. The highest BCUT2D eigenvalue weighted by atomic mass is 32.1. The molecule has 0 spiro atoms. The molecule has 13 heavy (non-hydrogen) atoms. The highest BCUT2D eigenvalue weighted by molar-refractivity contribution is 7.80. The van der Waals surface area contributed by atoms with E-state index in [-0.39, 0.29) is 11.3 Å². The van der Waals surface area contributed by atoms with Crippen molar-refractivity contribution in [2.75, 3.05) is 0 Å². The van der Waals surface area contributed by atoms with Crippen LogP contribution in [0.4, 0.5) is 5.69 Å². The summed E-state index contributed by atoms with van der Waals surface area (Å²) in [5.41, 5.74) is 0.576. The summed E-state index contributed by atoms with van der Waals surface area (Å²) in [6.07, 6.45) is 0. The standard InChI is InChI=1S/C8H6N2O2S/c1-5-6(4-9)8(13)3-2-7(5)10(11)12/h2-3,13H,1H3. The van der Waals surface area contributed by atoms with Gasteiger partial charge in [-0.2, -0.15) is 5.26 Å². The molecule has 0 aliphatic carbocycles. The van der Waals surface area contributed by atoms with Gasteiger partial charge in [0.25, 0.3) is 5.69 Å². The number of nitriles is 1. The van der Waals surface area contributed by atoms with Gasteiger partial charge in [0.15, 0.2) is 0 Å². The molecule has 1 rings (SSSR count). The van der Waals surface area contributed by atoms with E-state index in [9.17, 15) is 10.1 Å². The molecule has 0 heterocycles. The number of nitrogens with zero attached hydrogens (tertiary/aromatic N) is 2. The second-order valence-corrected chi connectivity index (χ2v) is 2.95. The lowest BCUT2D eigenvalue weighted by Gasteiger charge is -2.00. The molecule has 0 atom stereocenters. The molecule has 0 aliphatic rings. The Bertz CT molecular complexity index is 409. The van der Waals surface area contributed by atoms with Gasteiger partial charge < -0.3 is 0 Å². The zero-order chi connectivity index (χ0) is 10.0. The van der Waals surface area contributed by atoms with Gasteiger partial charge in [0.1, 0.15) is 6.07 Å². The molecule has 0 saturated carbocycles. The van der Waals surface area contributed by atoms with Crippen molar-refractivity contribution in [1.29, 1.82) is 5.26 Å². The van der Waals surface area contributed by atoms with Crippen LogP contribution < -0.4 is 0 Å². The molecule has 0 bridgehead atoms. The average molecular weight is 194 g/mol. The fraction of sp³-hybridized carbons (Fsp3) is 0.125. The average Bonchev–Trinajstić information content (AvgIpc) is 2.04.